The van der Waals surface area contributed by atoms with Gasteiger partial charge in [0.15, 0.2) is 0 Å². The lowest BCUT2D eigenvalue weighted by molar-refractivity contribution is -0.0429. The summed E-state index contributed by atoms with van der Waals surface area (Å²) in [5.74, 6) is -0.422. The molecule has 2 aromatic rings. The molecular formula is C16H15F4N3O2S. The molecule has 2 rings (SSSR count). The van der Waals surface area contributed by atoms with Gasteiger partial charge in [-0.3, -0.25) is 9.73 Å². The van der Waals surface area contributed by atoms with Crippen molar-refractivity contribution in [1.29, 1.82) is 0 Å². The van der Waals surface area contributed by atoms with Crippen LogP contribution in [0.5, 0.6) is 0 Å². The zero-order chi connectivity index (χ0) is 19.5. The van der Waals surface area contributed by atoms with Crippen LogP contribution in [0.2, 0.25) is 0 Å². The van der Waals surface area contributed by atoms with E-state index in [1.54, 1.807) is 7.05 Å². The average molecular weight is 389 g/mol. The van der Waals surface area contributed by atoms with Gasteiger partial charge in [0.1, 0.15) is 5.82 Å². The average Bonchev–Trinajstić information content (AvgIpc) is 2.54. The largest absolute Gasteiger partial charge is 0.516 e. The Balaban J connectivity index is 2.35. The van der Waals surface area contributed by atoms with Crippen LogP contribution in [0.1, 0.15) is 12.5 Å². The first kappa shape index (κ1) is 19.7. The maximum absolute atomic E-state index is 13.0. The van der Waals surface area contributed by atoms with Gasteiger partial charge < -0.3 is 0 Å². The predicted molar refractivity (Wildman–Crippen MR) is 92.1 cm³/mol. The van der Waals surface area contributed by atoms with Gasteiger partial charge >= 0.3 is 15.5 Å². The van der Waals surface area contributed by atoms with Gasteiger partial charge in [-0.2, -0.15) is 26.7 Å². The topological polar surface area (TPSA) is 61.8 Å². The molecule has 1 N–H and O–H groups in total. The van der Waals surface area contributed by atoms with Crippen molar-refractivity contribution in [1.82, 2.24) is 0 Å². The third-order valence-electron chi connectivity index (χ3n) is 3.37. The molecule has 0 saturated heterocycles. The molecule has 0 aliphatic rings. The number of benzene rings is 2. The van der Waals surface area contributed by atoms with Crippen LogP contribution in [0.25, 0.3) is 0 Å². The minimum atomic E-state index is -5.55. The molecule has 0 amide bonds. The lowest BCUT2D eigenvalue weighted by Crippen LogP contribution is -2.30. The first-order valence-electron chi connectivity index (χ1n) is 7.24. The van der Waals surface area contributed by atoms with Crippen LogP contribution in [-0.4, -0.2) is 26.7 Å². The first-order chi connectivity index (χ1) is 12.0. The molecule has 0 aliphatic heterocycles. The van der Waals surface area contributed by atoms with E-state index in [0.29, 0.717) is 5.69 Å². The Morgan fingerprint density at radius 2 is 1.65 bits per heavy atom. The summed E-state index contributed by atoms with van der Waals surface area (Å²) in [7, 11) is -3.98. The Hall–Kier alpha value is -2.62. The number of alkyl halides is 3. The summed E-state index contributed by atoms with van der Waals surface area (Å²) in [5.41, 5.74) is -4.71. The minimum absolute atomic E-state index is 0.175. The van der Waals surface area contributed by atoms with Crippen LogP contribution in [-0.2, 0) is 10.0 Å². The van der Waals surface area contributed by atoms with Crippen molar-refractivity contribution in [2.45, 2.75) is 12.4 Å². The van der Waals surface area contributed by atoms with E-state index in [1.807, 2.05) is 0 Å². The van der Waals surface area contributed by atoms with Crippen molar-refractivity contribution in [2.24, 2.45) is 5.10 Å². The van der Waals surface area contributed by atoms with Gasteiger partial charge in [-0.1, -0.05) is 18.2 Å². The molecule has 0 aromatic heterocycles. The van der Waals surface area contributed by atoms with E-state index in [9.17, 15) is 26.0 Å². The van der Waals surface area contributed by atoms with Crippen LogP contribution in [0.15, 0.2) is 53.6 Å². The van der Waals surface area contributed by atoms with Gasteiger partial charge in [-0.05, 0) is 37.3 Å². The molecule has 0 fully saturated rings. The summed E-state index contributed by atoms with van der Waals surface area (Å²) in [6.07, 6.45) is 0. The third-order valence-corrected chi connectivity index (χ3v) is 4.46. The van der Waals surface area contributed by atoms with E-state index >= 15 is 0 Å². The Kier molecular flexibility index (Phi) is 5.55. The highest BCUT2D eigenvalue weighted by Gasteiger charge is 2.46. The molecule has 2 aromatic carbocycles. The van der Waals surface area contributed by atoms with E-state index in [2.05, 4.69) is 5.10 Å². The van der Waals surface area contributed by atoms with Gasteiger partial charge in [0.25, 0.3) is 0 Å². The van der Waals surface area contributed by atoms with Crippen LogP contribution in [0, 0.1) is 5.82 Å². The zero-order valence-corrected chi connectivity index (χ0v) is 14.6. The van der Waals surface area contributed by atoms with Gasteiger partial charge in [0, 0.05) is 12.6 Å². The smallest absolute Gasteiger partial charge is 0.275 e. The molecule has 140 valence electrons. The van der Waals surface area contributed by atoms with Crippen molar-refractivity contribution in [3.63, 3.8) is 0 Å². The molecule has 0 spiro atoms. The summed E-state index contributed by atoms with van der Waals surface area (Å²) in [4.78, 5) is 0. The van der Waals surface area contributed by atoms with Gasteiger partial charge in [0.2, 0.25) is 0 Å². The second-order valence-corrected chi connectivity index (χ2v) is 6.96. The zero-order valence-electron chi connectivity index (χ0n) is 13.7. The third kappa shape index (κ3) is 4.51. The normalized spacial score (nSPS) is 12.8. The highest BCUT2D eigenvalue weighted by atomic mass is 32.2. The van der Waals surface area contributed by atoms with Gasteiger partial charge in [-0.15, -0.1) is 0 Å². The van der Waals surface area contributed by atoms with E-state index in [1.165, 1.54) is 65.2 Å². The van der Waals surface area contributed by atoms with Crippen LogP contribution in [0.4, 0.5) is 28.9 Å². The Bertz CT molecular complexity index is 910. The number of para-hydroxylation sites is 1. The molecule has 0 radical (unpaired) electrons. The Morgan fingerprint density at radius 3 is 2.23 bits per heavy atom. The van der Waals surface area contributed by atoms with Crippen molar-refractivity contribution < 1.29 is 26.0 Å². The summed E-state index contributed by atoms with van der Waals surface area (Å²) in [6, 6.07) is 11.0. The van der Waals surface area contributed by atoms with E-state index in [0.717, 1.165) is 0 Å². The lowest BCUT2D eigenvalue weighted by Gasteiger charge is -2.17. The number of hydrazone groups is 1. The van der Waals surface area contributed by atoms with Gasteiger partial charge in [0.05, 0.1) is 17.1 Å². The maximum atomic E-state index is 13.0. The van der Waals surface area contributed by atoms with Crippen molar-refractivity contribution in [3.05, 3.63) is 59.9 Å². The summed E-state index contributed by atoms with van der Waals surface area (Å²) in [6.45, 7) is 1.51. The molecular weight excluding hydrogens is 374 g/mol. The minimum Gasteiger partial charge on any atom is -0.275 e. The van der Waals surface area contributed by atoms with Crippen LogP contribution < -0.4 is 9.73 Å². The maximum Gasteiger partial charge on any atom is 0.516 e. The lowest BCUT2D eigenvalue weighted by atomic mass is 10.1. The molecule has 26 heavy (non-hydrogen) atoms. The van der Waals surface area contributed by atoms with E-state index < -0.39 is 21.3 Å². The molecule has 5 nitrogen and oxygen atoms in total. The quantitative estimate of drug-likeness (QED) is 0.479. The fraction of sp³-hybridized carbons (Fsp3) is 0.188. The number of nitrogens with one attached hydrogen (secondary N) is 1. The van der Waals surface area contributed by atoms with E-state index in [-0.39, 0.29) is 17.0 Å². The number of hydrogen-bond acceptors (Lipinski definition) is 4. The summed E-state index contributed by atoms with van der Waals surface area (Å²) >= 11 is 0. The molecule has 0 bridgehead atoms. The van der Waals surface area contributed by atoms with Crippen molar-refractivity contribution >= 4 is 27.1 Å². The summed E-state index contributed by atoms with van der Waals surface area (Å²) in [5, 5.41) is 5.60. The Morgan fingerprint density at radius 1 is 1.08 bits per heavy atom. The highest BCUT2D eigenvalue weighted by molar-refractivity contribution is 7.93. The van der Waals surface area contributed by atoms with Crippen molar-refractivity contribution in [3.8, 4) is 0 Å². The fourth-order valence-corrected chi connectivity index (χ4v) is 2.67. The molecule has 0 heterocycles. The Labute approximate surface area is 148 Å². The van der Waals surface area contributed by atoms with Crippen LogP contribution in [0.3, 0.4) is 0 Å². The SMILES string of the molecule is C/C(=N\N(C)c1ccc(F)cc1)c1ccccc1NS(=O)(=O)C(F)(F)F. The second-order valence-electron chi connectivity index (χ2n) is 5.28. The number of sulfonamides is 1. The molecule has 10 heteroatoms. The number of halogens is 4. The molecule has 0 aliphatic carbocycles. The molecule has 0 atom stereocenters. The number of anilines is 2. The molecule has 0 unspecified atom stereocenters. The fourth-order valence-electron chi connectivity index (χ4n) is 2.08. The summed E-state index contributed by atoms with van der Waals surface area (Å²) < 4.78 is 75.0. The first-order valence-corrected chi connectivity index (χ1v) is 8.72. The molecule has 0 saturated carbocycles. The van der Waals surface area contributed by atoms with Crippen molar-refractivity contribution in [2.75, 3.05) is 16.8 Å². The standard InChI is InChI=1S/C16H15F4N3O2S/c1-11(21-23(2)13-9-7-12(17)8-10-13)14-5-3-4-6-15(14)22-26(24,25)16(18,19)20/h3-10,22H,1-2H3/b21-11+. The highest BCUT2D eigenvalue weighted by Crippen LogP contribution is 2.27. The monoisotopic (exact) mass is 389 g/mol. The number of nitrogens with zero attached hydrogens (tertiary/aromatic N) is 2. The number of hydrogen-bond donors (Lipinski definition) is 1. The van der Waals surface area contributed by atoms with Crippen LogP contribution >= 0.6 is 0 Å². The second kappa shape index (κ2) is 7.32. The number of rotatable bonds is 5. The predicted octanol–water partition coefficient (Wildman–Crippen LogP) is 3.95. The van der Waals surface area contributed by atoms with Gasteiger partial charge in [-0.25, -0.2) is 4.39 Å². The van der Waals surface area contributed by atoms with E-state index in [4.69, 9.17) is 0 Å².